The number of amides is 1. The van der Waals surface area contributed by atoms with Gasteiger partial charge in [0.25, 0.3) is 0 Å². The van der Waals surface area contributed by atoms with Crippen LogP contribution >= 0.6 is 11.8 Å². The summed E-state index contributed by atoms with van der Waals surface area (Å²) in [4.78, 5) is 12.3. The van der Waals surface area contributed by atoms with Gasteiger partial charge in [-0.1, -0.05) is 18.2 Å². The van der Waals surface area contributed by atoms with Crippen LogP contribution in [0.1, 0.15) is 19.4 Å². The molecule has 120 valence electrons. The van der Waals surface area contributed by atoms with E-state index in [-0.39, 0.29) is 23.8 Å². The van der Waals surface area contributed by atoms with Crippen molar-refractivity contribution in [2.75, 3.05) is 12.9 Å². The number of thioether (sulfide) groups is 1. The molecule has 0 aliphatic carbocycles. The van der Waals surface area contributed by atoms with Crippen molar-refractivity contribution in [1.82, 2.24) is 9.88 Å². The van der Waals surface area contributed by atoms with Gasteiger partial charge in [0.05, 0.1) is 13.0 Å². The number of nitrogens with one attached hydrogen (secondary N) is 1. The van der Waals surface area contributed by atoms with Gasteiger partial charge in [-0.2, -0.15) is 11.8 Å². The molecule has 0 aliphatic rings. The second-order valence-electron chi connectivity index (χ2n) is 5.45. The van der Waals surface area contributed by atoms with Crippen molar-refractivity contribution in [1.29, 1.82) is 0 Å². The highest BCUT2D eigenvalue weighted by atomic mass is 32.2. The summed E-state index contributed by atoms with van der Waals surface area (Å²) in [7, 11) is 0. The average Bonchev–Trinajstić information content (AvgIpc) is 2.86. The van der Waals surface area contributed by atoms with Gasteiger partial charge < -0.3 is 15.0 Å². The number of rotatable bonds is 7. The first kappa shape index (κ1) is 16.9. The van der Waals surface area contributed by atoms with Crippen molar-refractivity contribution < 1.29 is 9.90 Å². The fourth-order valence-electron chi connectivity index (χ4n) is 2.73. The smallest absolute Gasteiger partial charge is 0.224 e. The number of fused-ring (bicyclic) bond motifs is 1. The van der Waals surface area contributed by atoms with Gasteiger partial charge in [0.1, 0.15) is 0 Å². The van der Waals surface area contributed by atoms with E-state index in [1.54, 1.807) is 11.8 Å². The maximum atomic E-state index is 12.3. The number of carbonyl (C=O) groups excluding carboxylic acids is 1. The maximum absolute atomic E-state index is 12.3. The zero-order chi connectivity index (χ0) is 16.1. The van der Waals surface area contributed by atoms with Crippen LogP contribution in [0, 0.1) is 0 Å². The summed E-state index contributed by atoms with van der Waals surface area (Å²) < 4.78 is 2.17. The molecule has 1 heterocycles. The molecule has 2 atom stereocenters. The molecule has 2 N–H and O–H groups in total. The molecule has 2 aromatic rings. The number of benzene rings is 1. The van der Waals surface area contributed by atoms with E-state index in [9.17, 15) is 9.90 Å². The van der Waals surface area contributed by atoms with Crippen molar-refractivity contribution in [2.45, 2.75) is 38.1 Å². The number of hydrogen-bond acceptors (Lipinski definition) is 3. The van der Waals surface area contributed by atoms with Gasteiger partial charge >= 0.3 is 0 Å². The lowest BCUT2D eigenvalue weighted by Gasteiger charge is -2.21. The van der Waals surface area contributed by atoms with Gasteiger partial charge in [-0.15, -0.1) is 0 Å². The van der Waals surface area contributed by atoms with Crippen LogP contribution < -0.4 is 5.32 Å². The molecule has 0 spiro atoms. The summed E-state index contributed by atoms with van der Waals surface area (Å²) >= 11 is 1.57. The summed E-state index contributed by atoms with van der Waals surface area (Å²) in [5.41, 5.74) is 2.21. The molecule has 0 bridgehead atoms. The molecule has 0 aliphatic heterocycles. The third-order valence-corrected chi connectivity index (χ3v) is 5.15. The Bertz CT molecular complexity index is 635. The monoisotopic (exact) mass is 320 g/mol. The Morgan fingerprint density at radius 1 is 1.41 bits per heavy atom. The third-order valence-electron chi connectivity index (χ3n) is 3.99. The second kappa shape index (κ2) is 7.70. The zero-order valence-electron chi connectivity index (χ0n) is 13.4. The minimum absolute atomic E-state index is 0.000920. The fraction of sp³-hybridized carbons (Fsp3) is 0.471. The Morgan fingerprint density at radius 3 is 2.77 bits per heavy atom. The first-order valence-corrected chi connectivity index (χ1v) is 8.89. The van der Waals surface area contributed by atoms with E-state index in [1.165, 1.54) is 0 Å². The van der Waals surface area contributed by atoms with Crippen molar-refractivity contribution in [3.8, 4) is 0 Å². The number of nitrogens with zero attached hydrogens (tertiary/aromatic N) is 1. The van der Waals surface area contributed by atoms with Gasteiger partial charge in [-0.05, 0) is 31.7 Å². The zero-order valence-corrected chi connectivity index (χ0v) is 14.2. The second-order valence-corrected chi connectivity index (χ2v) is 6.52. The van der Waals surface area contributed by atoms with Gasteiger partial charge in [0, 0.05) is 34.9 Å². The van der Waals surface area contributed by atoms with Crippen molar-refractivity contribution in [3.05, 3.63) is 36.0 Å². The SMILES string of the molecule is CCn1cc(CC(=O)NC(C)C(CO)SC)c2ccccc21. The molecule has 2 rings (SSSR count). The van der Waals surface area contributed by atoms with E-state index >= 15 is 0 Å². The number of aliphatic hydroxyl groups excluding tert-OH is 1. The Morgan fingerprint density at radius 2 is 2.14 bits per heavy atom. The van der Waals surface area contributed by atoms with Gasteiger partial charge in [0.15, 0.2) is 0 Å². The molecule has 1 amide bonds. The summed E-state index contributed by atoms with van der Waals surface area (Å²) in [6.45, 7) is 4.99. The lowest BCUT2D eigenvalue weighted by Crippen LogP contribution is -2.41. The van der Waals surface area contributed by atoms with Crippen LogP contribution in [0.15, 0.2) is 30.5 Å². The Hall–Kier alpha value is -1.46. The van der Waals surface area contributed by atoms with Crippen LogP contribution in [0.2, 0.25) is 0 Å². The third kappa shape index (κ3) is 3.65. The Labute approximate surface area is 135 Å². The van der Waals surface area contributed by atoms with E-state index in [2.05, 4.69) is 35.1 Å². The molecule has 1 aromatic carbocycles. The van der Waals surface area contributed by atoms with Crippen LogP contribution in [0.5, 0.6) is 0 Å². The van der Waals surface area contributed by atoms with Crippen LogP contribution in [0.25, 0.3) is 10.9 Å². The fourth-order valence-corrected chi connectivity index (χ4v) is 3.36. The molecular formula is C17H24N2O2S. The van der Waals surface area contributed by atoms with E-state index in [4.69, 9.17) is 0 Å². The molecule has 0 saturated carbocycles. The summed E-state index contributed by atoms with van der Waals surface area (Å²) in [5, 5.41) is 13.5. The highest BCUT2D eigenvalue weighted by Crippen LogP contribution is 2.22. The van der Waals surface area contributed by atoms with Gasteiger partial charge in [-0.25, -0.2) is 0 Å². The molecular weight excluding hydrogens is 296 g/mol. The van der Waals surface area contributed by atoms with Crippen LogP contribution in [-0.4, -0.2) is 39.7 Å². The molecule has 5 heteroatoms. The normalized spacial score (nSPS) is 14.0. The highest BCUT2D eigenvalue weighted by Gasteiger charge is 2.18. The van der Waals surface area contributed by atoms with Crippen LogP contribution in [-0.2, 0) is 17.8 Å². The van der Waals surface area contributed by atoms with E-state index in [0.29, 0.717) is 6.42 Å². The molecule has 0 fully saturated rings. The van der Waals surface area contributed by atoms with E-state index in [1.807, 2.05) is 25.3 Å². The molecule has 0 saturated heterocycles. The quantitative estimate of drug-likeness (QED) is 0.824. The van der Waals surface area contributed by atoms with E-state index < -0.39 is 0 Å². The predicted octanol–water partition coefficient (Wildman–Crippen LogP) is 2.43. The maximum Gasteiger partial charge on any atom is 0.224 e. The first-order chi connectivity index (χ1) is 10.6. The van der Waals surface area contributed by atoms with Crippen molar-refractivity contribution in [3.63, 3.8) is 0 Å². The molecule has 4 nitrogen and oxygen atoms in total. The molecule has 22 heavy (non-hydrogen) atoms. The lowest BCUT2D eigenvalue weighted by molar-refractivity contribution is -0.121. The Kier molecular flexibility index (Phi) is 5.91. The minimum atomic E-state index is -0.0491. The van der Waals surface area contributed by atoms with Crippen LogP contribution in [0.3, 0.4) is 0 Å². The number of para-hydroxylation sites is 1. The van der Waals surface area contributed by atoms with E-state index in [0.717, 1.165) is 23.0 Å². The van der Waals surface area contributed by atoms with Crippen molar-refractivity contribution >= 4 is 28.6 Å². The number of aromatic nitrogens is 1. The molecule has 0 radical (unpaired) electrons. The molecule has 2 unspecified atom stereocenters. The largest absolute Gasteiger partial charge is 0.395 e. The van der Waals surface area contributed by atoms with Gasteiger partial charge in [0.2, 0.25) is 5.91 Å². The number of aryl methyl sites for hydroxylation is 1. The van der Waals surface area contributed by atoms with Crippen LogP contribution in [0.4, 0.5) is 0 Å². The highest BCUT2D eigenvalue weighted by molar-refractivity contribution is 7.99. The van der Waals surface area contributed by atoms with Crippen molar-refractivity contribution in [2.24, 2.45) is 0 Å². The lowest BCUT2D eigenvalue weighted by atomic mass is 10.1. The number of aliphatic hydroxyl groups is 1. The summed E-state index contributed by atoms with van der Waals surface area (Å²) in [6.07, 6.45) is 4.37. The first-order valence-electron chi connectivity index (χ1n) is 7.60. The number of hydrogen-bond donors (Lipinski definition) is 2. The Balaban J connectivity index is 2.12. The van der Waals surface area contributed by atoms with Gasteiger partial charge in [-0.3, -0.25) is 4.79 Å². The molecule has 1 aromatic heterocycles. The minimum Gasteiger partial charge on any atom is -0.395 e. The summed E-state index contributed by atoms with van der Waals surface area (Å²) in [5.74, 6) is -0.000920. The predicted molar refractivity (Wildman–Crippen MR) is 93.3 cm³/mol. The summed E-state index contributed by atoms with van der Waals surface area (Å²) in [6, 6.07) is 8.11. The topological polar surface area (TPSA) is 54.3 Å². The average molecular weight is 320 g/mol. The number of carbonyl (C=O) groups is 1. The standard InChI is InChI=1S/C17H24N2O2S/c1-4-19-10-13(14-7-5-6-8-15(14)19)9-17(21)18-12(2)16(11-20)22-3/h5-8,10,12,16,20H,4,9,11H2,1-3H3,(H,18,21).